The Morgan fingerprint density at radius 3 is 2.17 bits per heavy atom. The van der Waals surface area contributed by atoms with Crippen molar-refractivity contribution in [1.29, 1.82) is 0 Å². The zero-order valence-corrected chi connectivity index (χ0v) is 32.1. The maximum absolute atomic E-state index is 15.7. The number of fused-ring (bicyclic) bond motifs is 1. The van der Waals surface area contributed by atoms with Crippen molar-refractivity contribution in [3.05, 3.63) is 129 Å². The lowest BCUT2D eigenvalue weighted by molar-refractivity contribution is -0.384. The number of carbonyl (C=O) groups is 6. The molecule has 4 amide bonds. The Bertz CT molecular complexity index is 2160. The number of ether oxygens (including phenoxy) is 1. The van der Waals surface area contributed by atoms with Gasteiger partial charge in [-0.15, -0.1) is 0 Å². The molecular weight excluding hydrogens is 750 g/mol. The Kier molecular flexibility index (Phi) is 13.4. The lowest BCUT2D eigenvalue weighted by atomic mass is 9.75. The first-order chi connectivity index (χ1) is 27.7. The number of non-ortho nitro benzene ring substituents is 1. The van der Waals surface area contributed by atoms with Gasteiger partial charge >= 0.3 is 5.97 Å². The van der Waals surface area contributed by atoms with Gasteiger partial charge in [-0.1, -0.05) is 80.9 Å². The number of imidazole rings is 1. The fraction of sp³-hybridized carbons (Fsp3) is 0.341. The van der Waals surface area contributed by atoms with Gasteiger partial charge in [-0.3, -0.25) is 43.9 Å². The van der Waals surface area contributed by atoms with Gasteiger partial charge in [-0.2, -0.15) is 0 Å². The van der Waals surface area contributed by atoms with Crippen LogP contribution in [0, 0.1) is 16.0 Å². The van der Waals surface area contributed by atoms with Crippen LogP contribution in [-0.2, 0) is 43.2 Å². The number of esters is 1. The lowest BCUT2D eigenvalue weighted by Gasteiger charge is -2.47. The number of rotatable bonds is 16. The third kappa shape index (κ3) is 8.61. The Hall–Kier alpha value is -6.43. The number of aliphatic hydroxyl groups is 1. The average Bonchev–Trinajstić information content (AvgIpc) is 3.74. The standard InChI is InChI=1S/C41H45N7O10/c1-4-24(2)35(39(54)58-3)46(34(50)20-33(49)31(42)18-26-14-16-28(17-15-26)48(56)57)40(55)41(21-27-22-44-23-45-27)36(51)29-12-8-9-13-30(29)37(52)47(41)38(53)32(43)19-25-10-6-5-7-11-25/h5-17,22-24,31-33,35,49H,4,18-21,42-43H2,1-3H3,(H,44,45)/t24-,31-,32-,33?,35-,41+/m0/s1. The first kappa shape index (κ1) is 42.7. The van der Waals surface area contributed by atoms with Crippen molar-refractivity contribution < 1.29 is 43.5 Å². The Balaban J connectivity index is 1.67. The van der Waals surface area contributed by atoms with Gasteiger partial charge in [-0.25, -0.2) is 9.78 Å². The first-order valence-electron chi connectivity index (χ1n) is 18.6. The van der Waals surface area contributed by atoms with E-state index in [1.165, 1.54) is 61.1 Å². The molecule has 58 heavy (non-hydrogen) atoms. The molecule has 0 bridgehead atoms. The molecule has 0 spiro atoms. The van der Waals surface area contributed by atoms with Crippen molar-refractivity contribution in [2.24, 2.45) is 17.4 Å². The molecule has 0 fully saturated rings. The molecule has 304 valence electrons. The van der Waals surface area contributed by atoms with Crippen molar-refractivity contribution in [1.82, 2.24) is 19.8 Å². The van der Waals surface area contributed by atoms with Gasteiger partial charge in [-0.05, 0) is 36.0 Å². The van der Waals surface area contributed by atoms with Crippen LogP contribution in [0.2, 0.25) is 0 Å². The molecule has 6 atom stereocenters. The maximum atomic E-state index is 15.7. The van der Waals surface area contributed by atoms with Crippen molar-refractivity contribution in [2.75, 3.05) is 7.11 Å². The number of hydrogen-bond acceptors (Lipinski definition) is 13. The van der Waals surface area contributed by atoms with E-state index in [1.807, 2.05) is 0 Å². The SMILES string of the molecule is CC[C@H](C)[C@@H](C(=O)OC)N(C(=O)CC(O)[C@@H](N)Cc1ccc([N+](=O)[O-])cc1)C(=O)[C@@]1(Cc2cnc[nH]2)C(=O)c2ccccc2C(=O)N1C(=O)[C@@H](N)Cc1ccccc1. The second-order valence-electron chi connectivity index (χ2n) is 14.2. The van der Waals surface area contributed by atoms with E-state index in [9.17, 15) is 34.4 Å². The second-order valence-corrected chi connectivity index (χ2v) is 14.2. The van der Waals surface area contributed by atoms with Gasteiger partial charge in [0.05, 0.1) is 42.5 Å². The zero-order chi connectivity index (χ0) is 42.3. The largest absolute Gasteiger partial charge is 0.467 e. The number of nitrogens with two attached hydrogens (primary N) is 2. The van der Waals surface area contributed by atoms with Gasteiger partial charge in [0.2, 0.25) is 11.8 Å². The fourth-order valence-electron chi connectivity index (χ4n) is 7.10. The van der Waals surface area contributed by atoms with Crippen LogP contribution in [0.5, 0.6) is 0 Å². The molecule has 2 heterocycles. The minimum Gasteiger partial charge on any atom is -0.467 e. The van der Waals surface area contributed by atoms with Crippen LogP contribution < -0.4 is 11.5 Å². The van der Waals surface area contributed by atoms with Gasteiger partial charge < -0.3 is 26.3 Å². The molecule has 3 aromatic carbocycles. The third-order valence-corrected chi connectivity index (χ3v) is 10.4. The third-order valence-electron chi connectivity index (χ3n) is 10.4. The topological polar surface area (TPSA) is 262 Å². The number of nitrogens with zero attached hydrogens (tertiary/aromatic N) is 4. The lowest BCUT2D eigenvalue weighted by Crippen LogP contribution is -2.74. The summed E-state index contributed by atoms with van der Waals surface area (Å²) in [5.74, 6) is -7.66. The summed E-state index contributed by atoms with van der Waals surface area (Å²) in [6.45, 7) is 3.25. The van der Waals surface area contributed by atoms with Crippen LogP contribution in [-0.4, -0.2) is 102 Å². The number of imide groups is 2. The molecule has 5 rings (SSSR count). The molecule has 4 aromatic rings. The fourth-order valence-corrected chi connectivity index (χ4v) is 7.10. The number of amides is 4. The van der Waals surface area contributed by atoms with E-state index in [0.717, 1.165) is 7.11 Å². The highest BCUT2D eigenvalue weighted by molar-refractivity contribution is 6.31. The summed E-state index contributed by atoms with van der Waals surface area (Å²) in [6, 6.07) is 15.2. The smallest absolute Gasteiger partial charge is 0.329 e. The van der Waals surface area contributed by atoms with E-state index in [4.69, 9.17) is 16.2 Å². The second kappa shape index (κ2) is 18.2. The van der Waals surface area contributed by atoms with E-state index in [-0.39, 0.29) is 41.8 Å². The summed E-state index contributed by atoms with van der Waals surface area (Å²) >= 11 is 0. The highest BCUT2D eigenvalue weighted by atomic mass is 16.6. The molecule has 1 unspecified atom stereocenters. The van der Waals surface area contributed by atoms with Crippen LogP contribution in [0.25, 0.3) is 0 Å². The summed E-state index contributed by atoms with van der Waals surface area (Å²) in [5, 5.41) is 22.5. The number of benzene rings is 3. The van der Waals surface area contributed by atoms with E-state index < -0.39 is 88.8 Å². The number of nitro benzene ring substituents is 1. The van der Waals surface area contributed by atoms with Gasteiger partial charge in [0.1, 0.15) is 6.04 Å². The van der Waals surface area contributed by atoms with Crippen molar-refractivity contribution in [3.63, 3.8) is 0 Å². The molecule has 17 heteroatoms. The highest BCUT2D eigenvalue weighted by Gasteiger charge is 2.63. The molecular formula is C41H45N7O10. The predicted octanol–water partition coefficient (Wildman–Crippen LogP) is 2.30. The molecule has 0 saturated carbocycles. The monoisotopic (exact) mass is 795 g/mol. The number of methoxy groups -OCH3 is 1. The predicted molar refractivity (Wildman–Crippen MR) is 208 cm³/mol. The molecule has 0 saturated heterocycles. The zero-order valence-electron chi connectivity index (χ0n) is 32.1. The number of ketones is 1. The molecule has 0 radical (unpaired) electrons. The molecule has 0 aliphatic carbocycles. The summed E-state index contributed by atoms with van der Waals surface area (Å²) in [7, 11) is 1.05. The Morgan fingerprint density at radius 2 is 1.59 bits per heavy atom. The van der Waals surface area contributed by atoms with Crippen LogP contribution >= 0.6 is 0 Å². The summed E-state index contributed by atoms with van der Waals surface area (Å²) in [5.41, 5.74) is 10.6. The number of Topliss-reactive ketones (excluding diaryl/α,β-unsaturated/α-hetero) is 1. The number of hydrogen-bond donors (Lipinski definition) is 4. The number of carbonyl (C=O) groups excluding carboxylic acids is 6. The van der Waals surface area contributed by atoms with E-state index in [1.54, 1.807) is 44.2 Å². The minimum absolute atomic E-state index is 0.0543. The van der Waals surface area contributed by atoms with E-state index in [2.05, 4.69) is 9.97 Å². The Labute approximate surface area is 333 Å². The van der Waals surface area contributed by atoms with Gasteiger partial charge in [0.15, 0.2) is 11.3 Å². The molecule has 1 aliphatic heterocycles. The number of aromatic nitrogens is 2. The first-order valence-corrected chi connectivity index (χ1v) is 18.6. The van der Waals surface area contributed by atoms with Crippen LogP contribution in [0.3, 0.4) is 0 Å². The molecule has 6 N–H and O–H groups in total. The number of nitro groups is 1. The van der Waals surface area contributed by atoms with E-state index in [0.29, 0.717) is 20.9 Å². The normalized spacial score (nSPS) is 17.7. The van der Waals surface area contributed by atoms with Crippen molar-refractivity contribution in [3.8, 4) is 0 Å². The number of aromatic amines is 1. The average molecular weight is 796 g/mol. The number of aliphatic hydroxyl groups excluding tert-OH is 1. The number of nitrogens with one attached hydrogen (secondary N) is 1. The van der Waals surface area contributed by atoms with Crippen LogP contribution in [0.15, 0.2) is 91.4 Å². The minimum atomic E-state index is -2.87. The summed E-state index contributed by atoms with van der Waals surface area (Å²) < 4.78 is 5.10. The summed E-state index contributed by atoms with van der Waals surface area (Å²) in [6.07, 6.45) is -0.677. The van der Waals surface area contributed by atoms with Crippen LogP contribution in [0.4, 0.5) is 5.69 Å². The molecule has 1 aliphatic rings. The quantitative estimate of drug-likeness (QED) is 0.0550. The van der Waals surface area contributed by atoms with E-state index >= 15 is 9.59 Å². The molecule has 17 nitrogen and oxygen atoms in total. The van der Waals surface area contributed by atoms with Gasteiger partial charge in [0.25, 0.3) is 17.5 Å². The van der Waals surface area contributed by atoms with Crippen molar-refractivity contribution >= 4 is 41.1 Å². The van der Waals surface area contributed by atoms with Crippen LogP contribution in [0.1, 0.15) is 64.2 Å². The maximum Gasteiger partial charge on any atom is 0.329 e. The number of H-pyrrole nitrogens is 1. The van der Waals surface area contributed by atoms with Crippen molar-refractivity contribution in [2.45, 2.75) is 75.7 Å². The van der Waals surface area contributed by atoms with Gasteiger partial charge in [0, 0.05) is 42.0 Å². The highest BCUT2D eigenvalue weighted by Crippen LogP contribution is 2.38. The molecule has 1 aromatic heterocycles. The summed E-state index contributed by atoms with van der Waals surface area (Å²) in [4.78, 5) is 107. The Morgan fingerprint density at radius 1 is 0.966 bits per heavy atom.